The zero-order valence-corrected chi connectivity index (χ0v) is 19.2. The first-order chi connectivity index (χ1) is 15.8. The highest BCUT2D eigenvalue weighted by atomic mass is 16.5. The molecule has 2 aliphatic heterocycles. The summed E-state index contributed by atoms with van der Waals surface area (Å²) in [7, 11) is 0. The van der Waals surface area contributed by atoms with Crippen LogP contribution < -0.4 is 5.32 Å². The Morgan fingerprint density at radius 3 is 2.58 bits per heavy atom. The fourth-order valence-corrected chi connectivity index (χ4v) is 4.77. The van der Waals surface area contributed by atoms with Crippen molar-refractivity contribution in [2.45, 2.75) is 51.4 Å². The van der Waals surface area contributed by atoms with Gasteiger partial charge in [0.1, 0.15) is 0 Å². The number of amides is 2. The summed E-state index contributed by atoms with van der Waals surface area (Å²) >= 11 is 0. The molecule has 1 aromatic heterocycles. The minimum absolute atomic E-state index is 0.0141. The predicted octanol–water partition coefficient (Wildman–Crippen LogP) is 4.68. The molecule has 2 aromatic carbocycles. The van der Waals surface area contributed by atoms with Gasteiger partial charge in [-0.2, -0.15) is 4.98 Å². The third-order valence-electron chi connectivity index (χ3n) is 6.76. The van der Waals surface area contributed by atoms with E-state index < -0.39 is 0 Å². The van der Waals surface area contributed by atoms with Crippen molar-refractivity contribution in [3.8, 4) is 11.4 Å². The van der Waals surface area contributed by atoms with Crippen LogP contribution in [0.4, 0.5) is 5.69 Å². The Labute approximate surface area is 193 Å². The summed E-state index contributed by atoms with van der Waals surface area (Å²) in [5.41, 5.74) is 4.30. The van der Waals surface area contributed by atoms with Crippen molar-refractivity contribution in [1.82, 2.24) is 15.0 Å². The quantitative estimate of drug-likeness (QED) is 0.633. The molecule has 3 heterocycles. The summed E-state index contributed by atoms with van der Waals surface area (Å²) in [5.74, 6) is 1.43. The summed E-state index contributed by atoms with van der Waals surface area (Å²) < 4.78 is 5.56. The summed E-state index contributed by atoms with van der Waals surface area (Å²) in [6, 6.07) is 13.7. The van der Waals surface area contributed by atoms with Gasteiger partial charge in [0, 0.05) is 47.7 Å². The Bertz CT molecular complexity index is 1200. The van der Waals surface area contributed by atoms with Crippen LogP contribution in [0, 0.1) is 6.92 Å². The first kappa shape index (κ1) is 21.4. The van der Waals surface area contributed by atoms with Gasteiger partial charge in [0.15, 0.2) is 0 Å². The lowest BCUT2D eigenvalue weighted by molar-refractivity contribution is -0.117. The van der Waals surface area contributed by atoms with E-state index in [9.17, 15) is 9.59 Å². The maximum absolute atomic E-state index is 13.2. The molecule has 1 N–H and O–H groups in total. The number of aromatic nitrogens is 2. The molecule has 0 saturated carbocycles. The van der Waals surface area contributed by atoms with Crippen LogP contribution in [0.3, 0.4) is 0 Å². The molecule has 170 valence electrons. The maximum atomic E-state index is 13.2. The van der Waals surface area contributed by atoms with E-state index in [-0.39, 0.29) is 23.1 Å². The first-order valence-electron chi connectivity index (χ1n) is 11.4. The lowest BCUT2D eigenvalue weighted by Crippen LogP contribution is -2.38. The molecule has 7 nitrogen and oxygen atoms in total. The number of piperidine rings is 1. The van der Waals surface area contributed by atoms with E-state index in [0.29, 0.717) is 36.8 Å². The molecule has 1 fully saturated rings. The standard InChI is InChI=1S/C26H28N4O3/c1-16-4-6-17(7-5-16)23-28-24(33-29-23)18-10-12-30(13-11-18)25(32)19-8-9-21-20(14-19)26(2,3)15-22(31)27-21/h4-9,14,18H,10-13,15H2,1-3H3,(H,27,31). The summed E-state index contributed by atoms with van der Waals surface area (Å²) in [6.45, 7) is 7.41. The number of carbonyl (C=O) groups is 2. The Balaban J connectivity index is 1.26. The molecule has 0 atom stereocenters. The lowest BCUT2D eigenvalue weighted by atomic mass is 9.77. The Morgan fingerprint density at radius 1 is 1.12 bits per heavy atom. The second-order valence-corrected chi connectivity index (χ2v) is 9.76. The Hall–Kier alpha value is -3.48. The van der Waals surface area contributed by atoms with Crippen molar-refractivity contribution in [2.24, 2.45) is 0 Å². The van der Waals surface area contributed by atoms with Gasteiger partial charge in [0.2, 0.25) is 17.6 Å². The molecule has 0 aliphatic carbocycles. The molecule has 0 bridgehead atoms. The van der Waals surface area contributed by atoms with Gasteiger partial charge in [0.25, 0.3) is 5.91 Å². The number of nitrogens with one attached hydrogen (secondary N) is 1. The highest BCUT2D eigenvalue weighted by Gasteiger charge is 2.33. The molecule has 33 heavy (non-hydrogen) atoms. The van der Waals surface area contributed by atoms with E-state index in [1.54, 1.807) is 6.07 Å². The van der Waals surface area contributed by atoms with Crippen molar-refractivity contribution < 1.29 is 14.1 Å². The van der Waals surface area contributed by atoms with Crippen LogP contribution in [-0.4, -0.2) is 39.9 Å². The van der Waals surface area contributed by atoms with Crippen LogP contribution in [0.5, 0.6) is 0 Å². The number of hydrogen-bond acceptors (Lipinski definition) is 5. The zero-order chi connectivity index (χ0) is 23.2. The molecule has 0 spiro atoms. The molecule has 2 aliphatic rings. The topological polar surface area (TPSA) is 88.3 Å². The Kier molecular flexibility index (Phi) is 5.27. The number of rotatable bonds is 3. The van der Waals surface area contributed by atoms with Crippen LogP contribution in [0.15, 0.2) is 47.0 Å². The monoisotopic (exact) mass is 444 g/mol. The summed E-state index contributed by atoms with van der Waals surface area (Å²) in [6.07, 6.45) is 1.99. The van der Waals surface area contributed by atoms with Crippen LogP contribution >= 0.6 is 0 Å². The van der Waals surface area contributed by atoms with Crippen molar-refractivity contribution in [3.05, 3.63) is 65.0 Å². The molecule has 1 saturated heterocycles. The van der Waals surface area contributed by atoms with Gasteiger partial charge in [-0.1, -0.05) is 48.8 Å². The Morgan fingerprint density at radius 2 is 1.85 bits per heavy atom. The van der Waals surface area contributed by atoms with E-state index in [1.165, 1.54) is 5.56 Å². The number of benzene rings is 2. The second kappa shape index (κ2) is 8.14. The fraction of sp³-hybridized carbons (Fsp3) is 0.385. The normalized spacial score (nSPS) is 18.0. The SMILES string of the molecule is Cc1ccc(-c2noc(C3CCN(C(=O)c4ccc5c(c4)C(C)(C)CC(=O)N5)CC3)n2)cc1. The molecule has 2 amide bonds. The van der Waals surface area contributed by atoms with Crippen molar-refractivity contribution in [1.29, 1.82) is 0 Å². The van der Waals surface area contributed by atoms with E-state index >= 15 is 0 Å². The van der Waals surface area contributed by atoms with Gasteiger partial charge in [-0.05, 0) is 43.5 Å². The number of fused-ring (bicyclic) bond motifs is 1. The maximum Gasteiger partial charge on any atom is 0.253 e. The van der Waals surface area contributed by atoms with Gasteiger partial charge in [-0.25, -0.2) is 0 Å². The smallest absolute Gasteiger partial charge is 0.253 e. The van der Waals surface area contributed by atoms with E-state index in [4.69, 9.17) is 4.52 Å². The lowest BCUT2D eigenvalue weighted by Gasteiger charge is -2.33. The molecule has 5 rings (SSSR count). The van der Waals surface area contributed by atoms with Crippen molar-refractivity contribution >= 4 is 17.5 Å². The molecular formula is C26H28N4O3. The molecule has 7 heteroatoms. The summed E-state index contributed by atoms with van der Waals surface area (Å²) in [5, 5.41) is 7.07. The number of carbonyl (C=O) groups excluding carboxylic acids is 2. The second-order valence-electron chi connectivity index (χ2n) is 9.76. The number of anilines is 1. The van der Waals surface area contributed by atoms with Crippen LogP contribution in [0.25, 0.3) is 11.4 Å². The van der Waals surface area contributed by atoms with Crippen LogP contribution in [0.1, 0.15) is 66.4 Å². The van der Waals surface area contributed by atoms with E-state index in [0.717, 1.165) is 29.7 Å². The van der Waals surface area contributed by atoms with Gasteiger partial charge >= 0.3 is 0 Å². The predicted molar refractivity (Wildman–Crippen MR) is 125 cm³/mol. The van der Waals surface area contributed by atoms with Gasteiger partial charge in [-0.15, -0.1) is 0 Å². The number of hydrogen-bond donors (Lipinski definition) is 1. The third-order valence-corrected chi connectivity index (χ3v) is 6.76. The van der Waals surface area contributed by atoms with Crippen LogP contribution in [-0.2, 0) is 10.2 Å². The molecule has 3 aromatic rings. The van der Waals surface area contributed by atoms with E-state index in [1.807, 2.05) is 62.1 Å². The molecule has 0 unspecified atom stereocenters. The highest BCUT2D eigenvalue weighted by molar-refractivity contribution is 5.99. The number of likely N-dealkylation sites (tertiary alicyclic amines) is 1. The summed E-state index contributed by atoms with van der Waals surface area (Å²) in [4.78, 5) is 31.7. The average Bonchev–Trinajstić information content (AvgIpc) is 3.29. The minimum atomic E-state index is -0.298. The van der Waals surface area contributed by atoms with Gasteiger partial charge in [-0.3, -0.25) is 9.59 Å². The largest absolute Gasteiger partial charge is 0.339 e. The minimum Gasteiger partial charge on any atom is -0.339 e. The first-order valence-corrected chi connectivity index (χ1v) is 11.4. The zero-order valence-electron chi connectivity index (χ0n) is 19.2. The van der Waals surface area contributed by atoms with Crippen molar-refractivity contribution in [3.63, 3.8) is 0 Å². The third kappa shape index (κ3) is 4.15. The highest BCUT2D eigenvalue weighted by Crippen LogP contribution is 2.38. The van der Waals surface area contributed by atoms with Crippen LogP contribution in [0.2, 0.25) is 0 Å². The van der Waals surface area contributed by atoms with E-state index in [2.05, 4.69) is 15.5 Å². The van der Waals surface area contributed by atoms with Gasteiger partial charge in [0.05, 0.1) is 0 Å². The molecular weight excluding hydrogens is 416 g/mol. The molecule has 0 radical (unpaired) electrons. The fourth-order valence-electron chi connectivity index (χ4n) is 4.77. The number of aryl methyl sites for hydroxylation is 1. The van der Waals surface area contributed by atoms with Gasteiger partial charge < -0.3 is 14.7 Å². The van der Waals surface area contributed by atoms with Crippen molar-refractivity contribution in [2.75, 3.05) is 18.4 Å². The number of nitrogens with zero attached hydrogens (tertiary/aromatic N) is 3. The average molecular weight is 445 g/mol.